The molecular formula is C14H23N3OS. The number of anilines is 1. The van der Waals surface area contributed by atoms with Crippen LogP contribution in [0.2, 0.25) is 0 Å². The summed E-state index contributed by atoms with van der Waals surface area (Å²) in [6.45, 7) is 6.90. The third kappa shape index (κ3) is 3.75. The maximum absolute atomic E-state index is 12.3. The smallest absolute Gasteiger partial charge is 0.293 e. The van der Waals surface area contributed by atoms with Crippen molar-refractivity contribution in [3.63, 3.8) is 0 Å². The van der Waals surface area contributed by atoms with Gasteiger partial charge in [0.15, 0.2) is 5.82 Å². The first-order valence-electron chi connectivity index (χ1n) is 6.92. The standard InChI is InChI=1S/C14H23N3OS/c1-14(2,3)17-8-7-15-12(13(17)18)16-10-11-6-4-5-9-19-11/h7-8,11H,4-6,9-10H2,1-3H3,(H,15,16). The van der Waals surface area contributed by atoms with Crippen molar-refractivity contribution < 1.29 is 0 Å². The molecule has 0 saturated carbocycles. The average Bonchev–Trinajstić information content (AvgIpc) is 2.37. The molecule has 0 aromatic carbocycles. The maximum atomic E-state index is 12.3. The van der Waals surface area contributed by atoms with E-state index in [1.807, 2.05) is 32.5 Å². The first-order chi connectivity index (χ1) is 8.98. The van der Waals surface area contributed by atoms with Crippen LogP contribution in [0, 0.1) is 0 Å². The lowest BCUT2D eigenvalue weighted by atomic mass is 10.1. The van der Waals surface area contributed by atoms with Gasteiger partial charge in [-0.05, 0) is 39.4 Å². The van der Waals surface area contributed by atoms with E-state index in [1.165, 1.54) is 25.0 Å². The van der Waals surface area contributed by atoms with Gasteiger partial charge in [-0.2, -0.15) is 11.8 Å². The SMILES string of the molecule is CC(C)(C)n1ccnc(NCC2CCCCS2)c1=O. The molecule has 0 aliphatic carbocycles. The fourth-order valence-electron chi connectivity index (χ4n) is 2.24. The predicted octanol–water partition coefficient (Wildman–Crippen LogP) is 2.70. The molecule has 1 atom stereocenters. The topological polar surface area (TPSA) is 46.9 Å². The van der Waals surface area contributed by atoms with Crippen molar-refractivity contribution in [3.05, 3.63) is 22.7 Å². The van der Waals surface area contributed by atoms with E-state index in [9.17, 15) is 4.79 Å². The molecule has 106 valence electrons. The zero-order valence-electron chi connectivity index (χ0n) is 12.0. The van der Waals surface area contributed by atoms with Crippen LogP contribution in [0.25, 0.3) is 0 Å². The van der Waals surface area contributed by atoms with Crippen LogP contribution in [0.1, 0.15) is 40.0 Å². The molecular weight excluding hydrogens is 258 g/mol. The Kier molecular flexibility index (Phi) is 4.55. The van der Waals surface area contributed by atoms with Crippen molar-refractivity contribution in [1.82, 2.24) is 9.55 Å². The highest BCUT2D eigenvalue weighted by Crippen LogP contribution is 2.24. The van der Waals surface area contributed by atoms with E-state index in [0.717, 1.165) is 6.54 Å². The second kappa shape index (κ2) is 5.99. The van der Waals surface area contributed by atoms with Crippen molar-refractivity contribution in [2.45, 2.75) is 50.8 Å². The van der Waals surface area contributed by atoms with Crippen LogP contribution < -0.4 is 10.9 Å². The molecule has 1 aromatic heterocycles. The Labute approximate surface area is 119 Å². The summed E-state index contributed by atoms with van der Waals surface area (Å²) in [7, 11) is 0. The minimum absolute atomic E-state index is 0.0317. The van der Waals surface area contributed by atoms with Crippen LogP contribution in [0.4, 0.5) is 5.82 Å². The van der Waals surface area contributed by atoms with Gasteiger partial charge >= 0.3 is 0 Å². The van der Waals surface area contributed by atoms with Gasteiger partial charge < -0.3 is 9.88 Å². The summed E-state index contributed by atoms with van der Waals surface area (Å²) in [5.41, 5.74) is -0.244. The van der Waals surface area contributed by atoms with Crippen LogP contribution in [0.15, 0.2) is 17.2 Å². The van der Waals surface area contributed by atoms with Gasteiger partial charge in [-0.1, -0.05) is 6.42 Å². The van der Waals surface area contributed by atoms with Crippen molar-refractivity contribution in [2.24, 2.45) is 0 Å². The van der Waals surface area contributed by atoms with E-state index in [1.54, 1.807) is 17.0 Å². The largest absolute Gasteiger partial charge is 0.364 e. The zero-order chi connectivity index (χ0) is 13.9. The normalized spacial score (nSPS) is 20.3. The molecule has 4 nitrogen and oxygen atoms in total. The van der Waals surface area contributed by atoms with Crippen molar-refractivity contribution in [2.75, 3.05) is 17.6 Å². The molecule has 1 aliphatic rings. The number of nitrogens with zero attached hydrogens (tertiary/aromatic N) is 2. The fraction of sp³-hybridized carbons (Fsp3) is 0.714. The van der Waals surface area contributed by atoms with E-state index in [4.69, 9.17) is 0 Å². The summed E-state index contributed by atoms with van der Waals surface area (Å²) in [6, 6.07) is 0. The highest BCUT2D eigenvalue weighted by molar-refractivity contribution is 7.99. The number of aromatic nitrogens is 2. The molecule has 1 saturated heterocycles. The maximum Gasteiger partial charge on any atom is 0.293 e. The first-order valence-corrected chi connectivity index (χ1v) is 7.97. The van der Waals surface area contributed by atoms with E-state index in [0.29, 0.717) is 11.1 Å². The van der Waals surface area contributed by atoms with Gasteiger partial charge in [-0.25, -0.2) is 4.98 Å². The lowest BCUT2D eigenvalue weighted by Crippen LogP contribution is -2.36. The Morgan fingerprint density at radius 3 is 2.89 bits per heavy atom. The minimum atomic E-state index is -0.212. The number of nitrogens with one attached hydrogen (secondary N) is 1. The Balaban J connectivity index is 2.06. The molecule has 0 spiro atoms. The van der Waals surface area contributed by atoms with Crippen LogP contribution in [-0.2, 0) is 5.54 Å². The lowest BCUT2D eigenvalue weighted by Gasteiger charge is -2.24. The fourth-order valence-corrected chi connectivity index (χ4v) is 3.48. The van der Waals surface area contributed by atoms with Crippen LogP contribution in [0.3, 0.4) is 0 Å². The Morgan fingerprint density at radius 1 is 1.47 bits per heavy atom. The van der Waals surface area contributed by atoms with Crippen LogP contribution >= 0.6 is 11.8 Å². The third-order valence-corrected chi connectivity index (χ3v) is 4.73. The Bertz CT molecular complexity index is 472. The molecule has 0 bridgehead atoms. The van der Waals surface area contributed by atoms with E-state index >= 15 is 0 Å². The Hall–Kier alpha value is -0.970. The molecule has 0 radical (unpaired) electrons. The highest BCUT2D eigenvalue weighted by atomic mass is 32.2. The summed E-state index contributed by atoms with van der Waals surface area (Å²) in [6.07, 6.45) is 7.30. The second-order valence-corrected chi connectivity index (χ2v) is 7.40. The van der Waals surface area contributed by atoms with Gasteiger partial charge in [-0.15, -0.1) is 0 Å². The number of thioether (sulfide) groups is 1. The number of hydrogen-bond donors (Lipinski definition) is 1. The molecule has 1 fully saturated rings. The number of rotatable bonds is 3. The molecule has 5 heteroatoms. The molecule has 0 amide bonds. The zero-order valence-corrected chi connectivity index (χ0v) is 12.8. The molecule has 2 rings (SSSR count). The van der Waals surface area contributed by atoms with Gasteiger partial charge in [0.2, 0.25) is 0 Å². The summed E-state index contributed by atoms with van der Waals surface area (Å²) in [5.74, 6) is 1.71. The van der Waals surface area contributed by atoms with Crippen LogP contribution in [-0.4, -0.2) is 27.1 Å². The molecule has 1 aromatic rings. The van der Waals surface area contributed by atoms with Gasteiger partial charge in [0.1, 0.15) is 0 Å². The summed E-state index contributed by atoms with van der Waals surface area (Å²) in [5, 5.41) is 3.84. The lowest BCUT2D eigenvalue weighted by molar-refractivity contribution is 0.383. The van der Waals surface area contributed by atoms with Gasteiger partial charge in [0, 0.05) is 29.7 Å². The van der Waals surface area contributed by atoms with E-state index in [-0.39, 0.29) is 11.1 Å². The average molecular weight is 281 g/mol. The van der Waals surface area contributed by atoms with Crippen LogP contribution in [0.5, 0.6) is 0 Å². The first kappa shape index (κ1) is 14.4. The molecule has 1 unspecified atom stereocenters. The van der Waals surface area contributed by atoms with Crippen molar-refractivity contribution in [1.29, 1.82) is 0 Å². The van der Waals surface area contributed by atoms with E-state index in [2.05, 4.69) is 10.3 Å². The monoisotopic (exact) mass is 281 g/mol. The summed E-state index contributed by atoms with van der Waals surface area (Å²) in [4.78, 5) is 16.5. The van der Waals surface area contributed by atoms with Gasteiger partial charge in [0.25, 0.3) is 5.56 Å². The van der Waals surface area contributed by atoms with Gasteiger partial charge in [-0.3, -0.25) is 4.79 Å². The Morgan fingerprint density at radius 2 is 2.26 bits per heavy atom. The van der Waals surface area contributed by atoms with Gasteiger partial charge in [0.05, 0.1) is 0 Å². The summed E-state index contributed by atoms with van der Waals surface area (Å²) < 4.78 is 1.73. The second-order valence-electron chi connectivity index (χ2n) is 5.99. The highest BCUT2D eigenvalue weighted by Gasteiger charge is 2.18. The van der Waals surface area contributed by atoms with E-state index < -0.39 is 0 Å². The molecule has 2 heterocycles. The van der Waals surface area contributed by atoms with Crippen molar-refractivity contribution in [3.8, 4) is 0 Å². The quantitative estimate of drug-likeness (QED) is 0.925. The summed E-state index contributed by atoms with van der Waals surface area (Å²) >= 11 is 2.00. The minimum Gasteiger partial charge on any atom is -0.364 e. The third-order valence-electron chi connectivity index (χ3n) is 3.33. The molecule has 1 N–H and O–H groups in total. The predicted molar refractivity (Wildman–Crippen MR) is 82.1 cm³/mol. The number of hydrogen-bond acceptors (Lipinski definition) is 4. The molecule has 19 heavy (non-hydrogen) atoms. The van der Waals surface area contributed by atoms with Crippen molar-refractivity contribution >= 4 is 17.6 Å². The molecule has 1 aliphatic heterocycles.